The third kappa shape index (κ3) is 3.28. The Kier molecular flexibility index (Phi) is 4.39. The predicted molar refractivity (Wildman–Crippen MR) is 92.2 cm³/mol. The number of rotatable bonds is 5. The molecule has 0 aromatic heterocycles. The Morgan fingerprint density at radius 3 is 2.50 bits per heavy atom. The second-order valence-corrected chi connectivity index (χ2v) is 5.90. The second kappa shape index (κ2) is 6.44. The molecular formula is C19H23N3. The molecule has 114 valence electrons. The first kappa shape index (κ1) is 15.0. The van der Waals surface area contributed by atoms with Gasteiger partial charge >= 0.3 is 0 Å². The Labute approximate surface area is 132 Å². The topological polar surface area (TPSA) is 64.1 Å². The fourth-order valence-electron chi connectivity index (χ4n) is 3.00. The maximum absolute atomic E-state index is 6.27. The van der Waals surface area contributed by atoms with Crippen molar-refractivity contribution in [2.24, 2.45) is 11.5 Å². The molecule has 0 amide bonds. The van der Waals surface area contributed by atoms with Gasteiger partial charge in [-0.1, -0.05) is 60.7 Å². The molecule has 22 heavy (non-hydrogen) atoms. The molecule has 0 spiro atoms. The van der Waals surface area contributed by atoms with E-state index in [0.29, 0.717) is 12.5 Å². The molecule has 0 radical (unpaired) electrons. The number of nitrogens with two attached hydrogens (primary N) is 2. The molecule has 0 bridgehead atoms. The van der Waals surface area contributed by atoms with Crippen molar-refractivity contribution in [3.63, 3.8) is 0 Å². The normalized spacial score (nSPS) is 23.5. The first-order chi connectivity index (χ1) is 10.7. The van der Waals surface area contributed by atoms with Crippen molar-refractivity contribution in [3.05, 3.63) is 84.0 Å². The largest absolute Gasteiger partial charge is 0.329 e. The molecule has 1 aromatic rings. The fraction of sp³-hybridized carbons (Fsp3) is 0.263. The van der Waals surface area contributed by atoms with Crippen molar-refractivity contribution in [1.82, 2.24) is 5.32 Å². The van der Waals surface area contributed by atoms with Crippen LogP contribution < -0.4 is 16.8 Å². The van der Waals surface area contributed by atoms with Gasteiger partial charge in [-0.25, -0.2) is 0 Å². The molecule has 1 aromatic carbocycles. The van der Waals surface area contributed by atoms with Crippen molar-refractivity contribution < 1.29 is 0 Å². The molecule has 0 saturated carbocycles. The van der Waals surface area contributed by atoms with Crippen LogP contribution in [0.5, 0.6) is 0 Å². The van der Waals surface area contributed by atoms with E-state index in [0.717, 1.165) is 6.42 Å². The van der Waals surface area contributed by atoms with E-state index in [4.69, 9.17) is 11.5 Å². The summed E-state index contributed by atoms with van der Waals surface area (Å²) < 4.78 is 0. The zero-order chi connectivity index (χ0) is 15.4. The molecule has 0 fully saturated rings. The van der Waals surface area contributed by atoms with Crippen LogP contribution in [0.1, 0.15) is 17.9 Å². The Bertz CT molecular complexity index is 613. The van der Waals surface area contributed by atoms with E-state index in [1.165, 1.54) is 11.1 Å². The van der Waals surface area contributed by atoms with Crippen molar-refractivity contribution in [2.45, 2.75) is 24.0 Å². The highest BCUT2D eigenvalue weighted by Crippen LogP contribution is 2.28. The lowest BCUT2D eigenvalue weighted by Gasteiger charge is -2.30. The van der Waals surface area contributed by atoms with E-state index in [1.807, 2.05) is 24.3 Å². The summed E-state index contributed by atoms with van der Waals surface area (Å²) in [5, 5.41) is 3.43. The standard InChI is InChI=1S/C19H23N3/c20-14-18(22-19(21)12-4-5-13-19)17-10-8-16(9-11-17)15-6-2-1-3-7-15/h1-8,10-13,16,18,22H,9,14,20-21H2/t16?,18-/m0/s1. The quantitative estimate of drug-likeness (QED) is 0.730. The summed E-state index contributed by atoms with van der Waals surface area (Å²) >= 11 is 0. The third-order valence-corrected chi connectivity index (χ3v) is 4.27. The van der Waals surface area contributed by atoms with Crippen LogP contribution in [-0.4, -0.2) is 18.2 Å². The van der Waals surface area contributed by atoms with Crippen LogP contribution in [0.3, 0.4) is 0 Å². The fourth-order valence-corrected chi connectivity index (χ4v) is 3.00. The maximum atomic E-state index is 6.27. The van der Waals surface area contributed by atoms with Crippen LogP contribution in [0.4, 0.5) is 0 Å². The average Bonchev–Trinajstić information content (AvgIpc) is 3.00. The van der Waals surface area contributed by atoms with Gasteiger partial charge in [0.05, 0.1) is 0 Å². The van der Waals surface area contributed by atoms with E-state index < -0.39 is 5.66 Å². The molecule has 3 nitrogen and oxygen atoms in total. The molecule has 2 aliphatic carbocycles. The zero-order valence-electron chi connectivity index (χ0n) is 12.7. The number of hydrogen-bond acceptors (Lipinski definition) is 3. The van der Waals surface area contributed by atoms with E-state index in [9.17, 15) is 0 Å². The van der Waals surface area contributed by atoms with Crippen LogP contribution >= 0.6 is 0 Å². The molecule has 2 aliphatic rings. The van der Waals surface area contributed by atoms with Crippen LogP contribution in [-0.2, 0) is 0 Å². The van der Waals surface area contributed by atoms with Gasteiger partial charge in [-0.2, -0.15) is 0 Å². The summed E-state index contributed by atoms with van der Waals surface area (Å²) in [7, 11) is 0. The van der Waals surface area contributed by atoms with Crippen molar-refractivity contribution in [3.8, 4) is 0 Å². The van der Waals surface area contributed by atoms with E-state index in [1.54, 1.807) is 0 Å². The van der Waals surface area contributed by atoms with Gasteiger partial charge in [-0.05, 0) is 29.7 Å². The Hall–Kier alpha value is -1.94. The van der Waals surface area contributed by atoms with Gasteiger partial charge < -0.3 is 11.5 Å². The van der Waals surface area contributed by atoms with E-state index >= 15 is 0 Å². The summed E-state index contributed by atoms with van der Waals surface area (Å²) in [6.07, 6.45) is 15.5. The molecule has 1 unspecified atom stereocenters. The second-order valence-electron chi connectivity index (χ2n) is 5.90. The number of benzene rings is 1. The summed E-state index contributed by atoms with van der Waals surface area (Å²) in [6, 6.07) is 10.6. The molecule has 3 rings (SSSR count). The lowest BCUT2D eigenvalue weighted by Crippen LogP contribution is -2.56. The minimum Gasteiger partial charge on any atom is -0.329 e. The van der Waals surface area contributed by atoms with Crippen LogP contribution in [0.25, 0.3) is 0 Å². The molecule has 5 N–H and O–H groups in total. The molecule has 0 heterocycles. The highest BCUT2D eigenvalue weighted by Gasteiger charge is 2.25. The molecule has 0 aliphatic heterocycles. The van der Waals surface area contributed by atoms with Crippen molar-refractivity contribution in [2.75, 3.05) is 6.54 Å². The van der Waals surface area contributed by atoms with Crippen molar-refractivity contribution >= 4 is 0 Å². The zero-order valence-corrected chi connectivity index (χ0v) is 12.7. The minimum absolute atomic E-state index is 0.0605. The monoisotopic (exact) mass is 293 g/mol. The first-order valence-corrected chi connectivity index (χ1v) is 7.77. The highest BCUT2D eigenvalue weighted by atomic mass is 15.1. The van der Waals surface area contributed by atoms with Crippen LogP contribution in [0.2, 0.25) is 0 Å². The summed E-state index contributed by atoms with van der Waals surface area (Å²) in [5.74, 6) is 0.446. The van der Waals surface area contributed by atoms with Crippen LogP contribution in [0, 0.1) is 0 Å². The highest BCUT2D eigenvalue weighted by molar-refractivity contribution is 5.37. The van der Waals surface area contributed by atoms with Crippen molar-refractivity contribution in [1.29, 1.82) is 0 Å². The smallest absolute Gasteiger partial charge is 0.106 e. The van der Waals surface area contributed by atoms with Crippen LogP contribution in [0.15, 0.2) is 78.4 Å². The summed E-state index contributed by atoms with van der Waals surface area (Å²) in [6.45, 7) is 0.521. The molecular weight excluding hydrogens is 270 g/mol. The number of hydrogen-bond donors (Lipinski definition) is 3. The average molecular weight is 293 g/mol. The molecule has 3 heteroatoms. The van der Waals surface area contributed by atoms with Gasteiger partial charge in [0.1, 0.15) is 5.66 Å². The van der Waals surface area contributed by atoms with Gasteiger partial charge in [-0.3, -0.25) is 5.32 Å². The maximum Gasteiger partial charge on any atom is 0.106 e. The minimum atomic E-state index is -0.588. The third-order valence-electron chi connectivity index (χ3n) is 4.27. The predicted octanol–water partition coefficient (Wildman–Crippen LogP) is 2.35. The lowest BCUT2D eigenvalue weighted by molar-refractivity contribution is 0.452. The van der Waals surface area contributed by atoms with Gasteiger partial charge in [0.15, 0.2) is 0 Å². The Morgan fingerprint density at radius 1 is 1.18 bits per heavy atom. The Balaban J connectivity index is 1.68. The van der Waals surface area contributed by atoms with E-state index in [2.05, 4.69) is 53.9 Å². The van der Waals surface area contributed by atoms with E-state index in [-0.39, 0.29) is 6.04 Å². The Morgan fingerprint density at radius 2 is 1.91 bits per heavy atom. The first-order valence-electron chi connectivity index (χ1n) is 7.77. The van der Waals surface area contributed by atoms with Gasteiger partial charge in [0.25, 0.3) is 0 Å². The summed E-state index contributed by atoms with van der Waals surface area (Å²) in [5.41, 5.74) is 14.2. The van der Waals surface area contributed by atoms with Gasteiger partial charge in [0.2, 0.25) is 0 Å². The molecule has 2 atom stereocenters. The number of nitrogens with one attached hydrogen (secondary N) is 1. The van der Waals surface area contributed by atoms with Gasteiger partial charge in [-0.15, -0.1) is 0 Å². The molecule has 0 saturated heterocycles. The summed E-state index contributed by atoms with van der Waals surface area (Å²) in [4.78, 5) is 0. The van der Waals surface area contributed by atoms with Gasteiger partial charge in [0, 0.05) is 18.5 Å². The SMILES string of the molecule is NC[C@H](NC1(N)C=CC=C1)C1=CCC(c2ccccc2)C=C1. The lowest BCUT2D eigenvalue weighted by atomic mass is 9.88. The number of allylic oxidation sites excluding steroid dienone is 4.